The van der Waals surface area contributed by atoms with Crippen LogP contribution >= 0.6 is 0 Å². The first-order valence-corrected chi connectivity index (χ1v) is 8.17. The molecule has 0 spiro atoms. The van der Waals surface area contributed by atoms with E-state index in [0.717, 1.165) is 4.90 Å². The van der Waals surface area contributed by atoms with E-state index in [4.69, 9.17) is 0 Å². The number of carbonyl (C=O) groups excluding carboxylic acids is 4. The maximum absolute atomic E-state index is 12.7. The van der Waals surface area contributed by atoms with E-state index >= 15 is 0 Å². The molecular formula is C19H17N3O5. The van der Waals surface area contributed by atoms with Crippen LogP contribution in [-0.4, -0.2) is 37.5 Å². The Hall–Kier alpha value is -3.68. The number of rotatable bonds is 4. The van der Waals surface area contributed by atoms with Crippen molar-refractivity contribution >= 4 is 35.2 Å². The second-order valence-corrected chi connectivity index (χ2v) is 5.81. The first-order chi connectivity index (χ1) is 13.0. The molecule has 8 nitrogen and oxygen atoms in total. The number of methoxy groups -OCH3 is 1. The summed E-state index contributed by atoms with van der Waals surface area (Å²) >= 11 is 0. The van der Waals surface area contributed by atoms with Crippen molar-refractivity contribution in [2.45, 2.75) is 0 Å². The number of hydrogen-bond acceptors (Lipinski definition) is 5. The molecule has 27 heavy (non-hydrogen) atoms. The van der Waals surface area contributed by atoms with Gasteiger partial charge < -0.3 is 15.4 Å². The Morgan fingerprint density at radius 3 is 2.37 bits per heavy atom. The van der Waals surface area contributed by atoms with Gasteiger partial charge in [0.25, 0.3) is 0 Å². The van der Waals surface area contributed by atoms with Crippen LogP contribution in [0.5, 0.6) is 0 Å². The lowest BCUT2D eigenvalue weighted by atomic mass is 10.0. The maximum Gasteiger partial charge on any atom is 0.337 e. The van der Waals surface area contributed by atoms with Crippen LogP contribution in [0.2, 0.25) is 0 Å². The van der Waals surface area contributed by atoms with Gasteiger partial charge in [0.1, 0.15) is 5.92 Å². The first kappa shape index (κ1) is 18.1. The standard InChI is InChI=1S/C19H17N3O5/c1-27-18(25)12-7-9-13(10-8-12)21-16(23)15-11-20-19(26)22(17(15)24)14-5-3-2-4-6-14/h2-10,15H,11H2,1H3,(H,20,26)(H,21,23). The molecule has 3 rings (SSSR count). The number of benzene rings is 2. The highest BCUT2D eigenvalue weighted by Gasteiger charge is 2.39. The molecule has 4 amide bonds. The van der Waals surface area contributed by atoms with Gasteiger partial charge in [-0.1, -0.05) is 18.2 Å². The van der Waals surface area contributed by atoms with Crippen LogP contribution in [-0.2, 0) is 14.3 Å². The molecule has 138 valence electrons. The number of hydrogen-bond donors (Lipinski definition) is 2. The number of carbonyl (C=O) groups is 4. The molecule has 1 fully saturated rings. The van der Waals surface area contributed by atoms with Crippen LogP contribution in [0.4, 0.5) is 16.2 Å². The van der Waals surface area contributed by atoms with E-state index in [2.05, 4.69) is 15.4 Å². The van der Waals surface area contributed by atoms with Crippen molar-refractivity contribution in [1.29, 1.82) is 0 Å². The van der Waals surface area contributed by atoms with E-state index in [9.17, 15) is 19.2 Å². The van der Waals surface area contributed by atoms with E-state index in [-0.39, 0.29) is 6.54 Å². The lowest BCUT2D eigenvalue weighted by molar-refractivity contribution is -0.130. The van der Waals surface area contributed by atoms with Gasteiger partial charge >= 0.3 is 12.0 Å². The molecular weight excluding hydrogens is 350 g/mol. The predicted molar refractivity (Wildman–Crippen MR) is 97.2 cm³/mol. The molecule has 0 aromatic heterocycles. The average Bonchev–Trinajstić information content (AvgIpc) is 2.69. The van der Waals surface area contributed by atoms with Gasteiger partial charge in [-0.05, 0) is 36.4 Å². The van der Waals surface area contributed by atoms with E-state index in [1.807, 2.05) is 0 Å². The highest BCUT2D eigenvalue weighted by atomic mass is 16.5. The fourth-order valence-corrected chi connectivity index (χ4v) is 2.67. The zero-order chi connectivity index (χ0) is 19.4. The molecule has 2 N–H and O–H groups in total. The van der Waals surface area contributed by atoms with Crippen molar-refractivity contribution in [3.8, 4) is 0 Å². The summed E-state index contributed by atoms with van der Waals surface area (Å²) in [6, 6.07) is 13.9. The van der Waals surface area contributed by atoms with Gasteiger partial charge in [-0.25, -0.2) is 14.5 Å². The smallest absolute Gasteiger partial charge is 0.337 e. The number of nitrogens with zero attached hydrogens (tertiary/aromatic N) is 1. The first-order valence-electron chi connectivity index (χ1n) is 8.17. The Labute approximate surface area is 155 Å². The molecule has 1 aliphatic heterocycles. The van der Waals surface area contributed by atoms with Crippen molar-refractivity contribution in [3.05, 3.63) is 60.2 Å². The summed E-state index contributed by atoms with van der Waals surface area (Å²) < 4.78 is 4.61. The summed E-state index contributed by atoms with van der Waals surface area (Å²) in [5.41, 5.74) is 1.15. The molecule has 2 aromatic rings. The molecule has 1 unspecified atom stereocenters. The van der Waals surface area contributed by atoms with Crippen LogP contribution in [0.3, 0.4) is 0 Å². The highest BCUT2D eigenvalue weighted by molar-refractivity contribution is 6.23. The van der Waals surface area contributed by atoms with Crippen LogP contribution < -0.4 is 15.5 Å². The van der Waals surface area contributed by atoms with Crippen LogP contribution in [0.15, 0.2) is 54.6 Å². The Morgan fingerprint density at radius 1 is 1.07 bits per heavy atom. The van der Waals surface area contributed by atoms with Gasteiger partial charge in [-0.3, -0.25) is 9.59 Å². The molecule has 1 aliphatic rings. The highest BCUT2D eigenvalue weighted by Crippen LogP contribution is 2.21. The van der Waals surface area contributed by atoms with Crippen LogP contribution in [0, 0.1) is 5.92 Å². The lowest BCUT2D eigenvalue weighted by Crippen LogP contribution is -2.58. The summed E-state index contributed by atoms with van der Waals surface area (Å²) in [5.74, 6) is -2.71. The normalized spacial score (nSPS) is 16.5. The second kappa shape index (κ2) is 7.69. The third kappa shape index (κ3) is 3.79. The Morgan fingerprint density at radius 2 is 1.74 bits per heavy atom. The summed E-state index contributed by atoms with van der Waals surface area (Å²) in [6.07, 6.45) is 0. The molecule has 1 atom stereocenters. The number of esters is 1. The van der Waals surface area contributed by atoms with Crippen LogP contribution in [0.1, 0.15) is 10.4 Å². The molecule has 1 heterocycles. The largest absolute Gasteiger partial charge is 0.465 e. The number of amides is 4. The molecule has 0 saturated carbocycles. The van der Waals surface area contributed by atoms with Gasteiger partial charge in [0.2, 0.25) is 11.8 Å². The van der Waals surface area contributed by atoms with Crippen molar-refractivity contribution in [3.63, 3.8) is 0 Å². The Bertz CT molecular complexity index is 880. The van der Waals surface area contributed by atoms with Gasteiger partial charge in [-0.15, -0.1) is 0 Å². The minimum absolute atomic E-state index is 0.0902. The zero-order valence-electron chi connectivity index (χ0n) is 14.5. The third-order valence-corrected chi connectivity index (χ3v) is 4.08. The quantitative estimate of drug-likeness (QED) is 0.633. The van der Waals surface area contributed by atoms with Crippen molar-refractivity contribution < 1.29 is 23.9 Å². The number of para-hydroxylation sites is 1. The summed E-state index contributed by atoms with van der Waals surface area (Å²) in [5, 5.41) is 5.18. The van der Waals surface area contributed by atoms with Crippen molar-refractivity contribution in [2.24, 2.45) is 5.92 Å². The minimum atomic E-state index is -1.07. The molecule has 0 aliphatic carbocycles. The average molecular weight is 367 g/mol. The number of urea groups is 1. The SMILES string of the molecule is COC(=O)c1ccc(NC(=O)C2CNC(=O)N(c3ccccc3)C2=O)cc1. The summed E-state index contributed by atoms with van der Waals surface area (Å²) in [6.45, 7) is -0.0902. The molecule has 1 saturated heterocycles. The number of anilines is 2. The van der Waals surface area contributed by atoms with Gasteiger partial charge in [0.15, 0.2) is 0 Å². The van der Waals surface area contributed by atoms with Crippen LogP contribution in [0.25, 0.3) is 0 Å². The second-order valence-electron chi connectivity index (χ2n) is 5.81. The topological polar surface area (TPSA) is 105 Å². The van der Waals surface area contributed by atoms with E-state index < -0.39 is 29.7 Å². The van der Waals surface area contributed by atoms with Gasteiger partial charge in [0.05, 0.1) is 18.4 Å². The van der Waals surface area contributed by atoms with Gasteiger partial charge in [-0.2, -0.15) is 0 Å². The minimum Gasteiger partial charge on any atom is -0.465 e. The fraction of sp³-hybridized carbons (Fsp3) is 0.158. The molecule has 2 aromatic carbocycles. The maximum atomic E-state index is 12.7. The number of ether oxygens (including phenoxy) is 1. The molecule has 0 radical (unpaired) electrons. The van der Waals surface area contributed by atoms with Crippen molar-refractivity contribution in [1.82, 2.24) is 5.32 Å². The summed E-state index contributed by atoms with van der Waals surface area (Å²) in [7, 11) is 1.28. The lowest BCUT2D eigenvalue weighted by Gasteiger charge is -2.30. The number of nitrogens with one attached hydrogen (secondary N) is 2. The summed E-state index contributed by atoms with van der Waals surface area (Å²) in [4.78, 5) is 49.7. The monoisotopic (exact) mass is 367 g/mol. The fourth-order valence-electron chi connectivity index (χ4n) is 2.67. The van der Waals surface area contributed by atoms with Gasteiger partial charge in [0, 0.05) is 12.2 Å². The Balaban J connectivity index is 1.73. The Kier molecular flexibility index (Phi) is 5.16. The predicted octanol–water partition coefficient (Wildman–Crippen LogP) is 1.78. The third-order valence-electron chi connectivity index (χ3n) is 4.08. The van der Waals surface area contributed by atoms with E-state index in [1.54, 1.807) is 30.3 Å². The van der Waals surface area contributed by atoms with E-state index in [0.29, 0.717) is 16.9 Å². The van der Waals surface area contributed by atoms with Crippen molar-refractivity contribution in [2.75, 3.05) is 23.9 Å². The number of imide groups is 1. The molecule has 8 heteroatoms. The molecule has 0 bridgehead atoms. The zero-order valence-corrected chi connectivity index (χ0v) is 14.5. The van der Waals surface area contributed by atoms with E-state index in [1.165, 1.54) is 31.4 Å².